The lowest BCUT2D eigenvalue weighted by Gasteiger charge is -2.20. The van der Waals surface area contributed by atoms with Crippen LogP contribution in [0.1, 0.15) is 38.2 Å². The van der Waals surface area contributed by atoms with Crippen LogP contribution in [0.3, 0.4) is 0 Å². The molecule has 1 fully saturated rings. The van der Waals surface area contributed by atoms with Crippen LogP contribution in [0.25, 0.3) is 0 Å². The van der Waals surface area contributed by atoms with Gasteiger partial charge in [-0.15, -0.1) is 0 Å². The standard InChI is InChI=1S/C15H22Cl2N2/c1-2-11-4-3-6-19(7-5-11)10-12-8-13(16)15(18)14(17)9-12/h8-9,11H,2-7,10,18H2,1H3. The van der Waals surface area contributed by atoms with Crippen molar-refractivity contribution in [1.29, 1.82) is 0 Å². The zero-order valence-corrected chi connectivity index (χ0v) is 13.0. The summed E-state index contributed by atoms with van der Waals surface area (Å²) in [6.45, 7) is 5.53. The summed E-state index contributed by atoms with van der Waals surface area (Å²) in [7, 11) is 0. The Bertz CT molecular complexity index is 411. The molecule has 1 heterocycles. The lowest BCUT2D eigenvalue weighted by Crippen LogP contribution is -2.24. The Morgan fingerprint density at radius 2 is 1.89 bits per heavy atom. The normalized spacial score (nSPS) is 21.3. The summed E-state index contributed by atoms with van der Waals surface area (Å²) in [5.41, 5.74) is 7.40. The van der Waals surface area contributed by atoms with Gasteiger partial charge in [-0.2, -0.15) is 0 Å². The number of hydrogen-bond acceptors (Lipinski definition) is 2. The van der Waals surface area contributed by atoms with Gasteiger partial charge in [0.15, 0.2) is 0 Å². The molecule has 1 atom stereocenters. The summed E-state index contributed by atoms with van der Waals surface area (Å²) < 4.78 is 0. The molecule has 2 rings (SSSR count). The van der Waals surface area contributed by atoms with Crippen LogP contribution < -0.4 is 5.73 Å². The predicted molar refractivity (Wildman–Crippen MR) is 83.8 cm³/mol. The highest BCUT2D eigenvalue weighted by atomic mass is 35.5. The average Bonchev–Trinajstić information content (AvgIpc) is 2.61. The van der Waals surface area contributed by atoms with Gasteiger partial charge >= 0.3 is 0 Å². The number of anilines is 1. The topological polar surface area (TPSA) is 29.3 Å². The van der Waals surface area contributed by atoms with Crippen LogP contribution in [0.2, 0.25) is 10.0 Å². The molecule has 0 spiro atoms. The average molecular weight is 301 g/mol. The molecule has 1 unspecified atom stereocenters. The van der Waals surface area contributed by atoms with E-state index in [-0.39, 0.29) is 0 Å². The number of nitrogens with two attached hydrogens (primary N) is 1. The van der Waals surface area contributed by atoms with Crippen LogP contribution in [-0.2, 0) is 6.54 Å². The Labute approximate surface area is 125 Å². The molecule has 2 nitrogen and oxygen atoms in total. The van der Waals surface area contributed by atoms with Crippen molar-refractivity contribution in [2.75, 3.05) is 18.8 Å². The van der Waals surface area contributed by atoms with E-state index in [0.29, 0.717) is 15.7 Å². The van der Waals surface area contributed by atoms with Gasteiger partial charge in [-0.3, -0.25) is 4.90 Å². The molecule has 106 valence electrons. The van der Waals surface area contributed by atoms with Gasteiger partial charge < -0.3 is 5.73 Å². The van der Waals surface area contributed by atoms with Gasteiger partial charge in [0.05, 0.1) is 15.7 Å². The maximum Gasteiger partial charge on any atom is 0.0693 e. The highest BCUT2D eigenvalue weighted by Gasteiger charge is 2.16. The second-order valence-corrected chi connectivity index (χ2v) is 6.27. The quantitative estimate of drug-likeness (QED) is 0.827. The molecule has 1 aromatic carbocycles. The fourth-order valence-corrected chi connectivity index (χ4v) is 3.31. The van der Waals surface area contributed by atoms with Crippen LogP contribution in [0, 0.1) is 5.92 Å². The highest BCUT2D eigenvalue weighted by Crippen LogP contribution is 2.30. The van der Waals surface area contributed by atoms with Crippen LogP contribution >= 0.6 is 23.2 Å². The van der Waals surface area contributed by atoms with Crippen LogP contribution in [-0.4, -0.2) is 18.0 Å². The Morgan fingerprint density at radius 1 is 1.21 bits per heavy atom. The van der Waals surface area contributed by atoms with Gasteiger partial charge in [0, 0.05) is 6.54 Å². The Hall–Kier alpha value is -0.440. The lowest BCUT2D eigenvalue weighted by atomic mass is 9.98. The molecule has 1 aromatic rings. The summed E-state index contributed by atoms with van der Waals surface area (Å²) in [5.74, 6) is 0.892. The molecule has 0 aliphatic carbocycles. The van der Waals surface area contributed by atoms with Crippen molar-refractivity contribution in [2.45, 2.75) is 39.2 Å². The molecule has 2 N–H and O–H groups in total. The van der Waals surface area contributed by atoms with E-state index in [0.717, 1.165) is 31.1 Å². The number of benzene rings is 1. The third kappa shape index (κ3) is 4.01. The molecule has 1 aliphatic rings. The number of rotatable bonds is 3. The number of hydrogen-bond donors (Lipinski definition) is 1. The van der Waals surface area contributed by atoms with Crippen LogP contribution in [0.4, 0.5) is 5.69 Å². The Balaban J connectivity index is 2.01. The maximum atomic E-state index is 6.09. The number of likely N-dealkylation sites (tertiary alicyclic amines) is 1. The maximum absolute atomic E-state index is 6.09. The third-order valence-corrected chi connectivity index (χ3v) is 4.69. The molecular weight excluding hydrogens is 279 g/mol. The van der Waals surface area contributed by atoms with E-state index in [1.54, 1.807) is 0 Å². The molecule has 0 saturated carbocycles. The minimum atomic E-state index is 0.481. The summed E-state index contributed by atoms with van der Waals surface area (Å²) in [6.07, 6.45) is 5.24. The van der Waals surface area contributed by atoms with Gasteiger partial charge in [0.1, 0.15) is 0 Å². The second kappa shape index (κ2) is 6.83. The SMILES string of the molecule is CCC1CCCN(Cc2cc(Cl)c(N)c(Cl)c2)CC1. The monoisotopic (exact) mass is 300 g/mol. The van der Waals surface area contributed by atoms with Gasteiger partial charge in [0.2, 0.25) is 0 Å². The van der Waals surface area contributed by atoms with Crippen molar-refractivity contribution in [3.63, 3.8) is 0 Å². The van der Waals surface area contributed by atoms with Crippen molar-refractivity contribution in [3.05, 3.63) is 27.7 Å². The molecule has 0 radical (unpaired) electrons. The van der Waals surface area contributed by atoms with E-state index in [2.05, 4.69) is 11.8 Å². The predicted octanol–water partition coefficient (Wildman–Crippen LogP) is 4.59. The molecule has 19 heavy (non-hydrogen) atoms. The van der Waals surface area contributed by atoms with E-state index >= 15 is 0 Å². The molecule has 0 aromatic heterocycles. The first-order valence-corrected chi connectivity index (χ1v) is 7.81. The molecule has 1 aliphatic heterocycles. The zero-order valence-electron chi connectivity index (χ0n) is 11.5. The Kier molecular flexibility index (Phi) is 5.37. The second-order valence-electron chi connectivity index (χ2n) is 5.45. The first kappa shape index (κ1) is 15.0. The van der Waals surface area contributed by atoms with Crippen molar-refractivity contribution in [1.82, 2.24) is 4.90 Å². The highest BCUT2D eigenvalue weighted by molar-refractivity contribution is 6.38. The first-order chi connectivity index (χ1) is 9.10. The van der Waals surface area contributed by atoms with Gasteiger partial charge in [-0.05, 0) is 56.0 Å². The number of nitrogens with zero attached hydrogens (tertiary/aromatic N) is 1. The van der Waals surface area contributed by atoms with Crippen molar-refractivity contribution in [2.24, 2.45) is 5.92 Å². The van der Waals surface area contributed by atoms with Crippen molar-refractivity contribution < 1.29 is 0 Å². The molecule has 0 amide bonds. The smallest absolute Gasteiger partial charge is 0.0693 e. The van der Waals surface area contributed by atoms with Gasteiger partial charge in [-0.1, -0.05) is 36.5 Å². The number of nitrogen functional groups attached to an aromatic ring is 1. The molecule has 1 saturated heterocycles. The van der Waals surface area contributed by atoms with Crippen LogP contribution in [0.15, 0.2) is 12.1 Å². The van der Waals surface area contributed by atoms with E-state index in [4.69, 9.17) is 28.9 Å². The fraction of sp³-hybridized carbons (Fsp3) is 0.600. The van der Waals surface area contributed by atoms with Gasteiger partial charge in [-0.25, -0.2) is 0 Å². The van der Waals surface area contributed by atoms with Crippen LogP contribution in [0.5, 0.6) is 0 Å². The largest absolute Gasteiger partial charge is 0.396 e. The summed E-state index contributed by atoms with van der Waals surface area (Å²) in [4.78, 5) is 2.49. The fourth-order valence-electron chi connectivity index (χ4n) is 2.78. The minimum Gasteiger partial charge on any atom is -0.396 e. The minimum absolute atomic E-state index is 0.481. The molecule has 4 heteroatoms. The van der Waals surface area contributed by atoms with E-state index in [9.17, 15) is 0 Å². The third-order valence-electron chi connectivity index (χ3n) is 4.06. The Morgan fingerprint density at radius 3 is 2.53 bits per heavy atom. The first-order valence-electron chi connectivity index (χ1n) is 7.06. The van der Waals surface area contributed by atoms with E-state index in [1.807, 2.05) is 12.1 Å². The lowest BCUT2D eigenvalue weighted by molar-refractivity contribution is 0.272. The number of halogens is 2. The molecular formula is C15H22Cl2N2. The molecule has 0 bridgehead atoms. The van der Waals surface area contributed by atoms with Crippen molar-refractivity contribution >= 4 is 28.9 Å². The zero-order chi connectivity index (χ0) is 13.8. The summed E-state index contributed by atoms with van der Waals surface area (Å²) >= 11 is 12.2. The van der Waals surface area contributed by atoms with Gasteiger partial charge in [0.25, 0.3) is 0 Å². The summed E-state index contributed by atoms with van der Waals surface area (Å²) in [5, 5.41) is 1.12. The van der Waals surface area contributed by atoms with E-state index in [1.165, 1.54) is 25.7 Å². The van der Waals surface area contributed by atoms with Crippen molar-refractivity contribution in [3.8, 4) is 0 Å². The van der Waals surface area contributed by atoms with E-state index < -0.39 is 0 Å². The summed E-state index contributed by atoms with van der Waals surface area (Å²) in [6, 6.07) is 3.87.